The lowest BCUT2D eigenvalue weighted by atomic mass is 10.0. The molecule has 0 bridgehead atoms. The summed E-state index contributed by atoms with van der Waals surface area (Å²) in [6.07, 6.45) is 1.90. The Morgan fingerprint density at radius 1 is 1.29 bits per heavy atom. The standard InChI is InChI=1S/C16H15BrN2O2/c1-21-13-8-2-5-11-6-4-10-19(15(11)13)16(20)12-7-3-9-14(17)18-12/h2-3,5,7-9H,4,6,10H2,1H3. The zero-order valence-corrected chi connectivity index (χ0v) is 13.3. The van der Waals surface area contributed by atoms with Gasteiger partial charge in [0.2, 0.25) is 0 Å². The van der Waals surface area contributed by atoms with Crippen LogP contribution < -0.4 is 9.64 Å². The summed E-state index contributed by atoms with van der Waals surface area (Å²) in [5, 5.41) is 0. The van der Waals surface area contributed by atoms with Gasteiger partial charge in [0.05, 0.1) is 12.8 Å². The molecule has 1 aliphatic heterocycles. The van der Waals surface area contributed by atoms with E-state index in [1.807, 2.05) is 30.3 Å². The molecular formula is C16H15BrN2O2. The lowest BCUT2D eigenvalue weighted by Gasteiger charge is -2.30. The molecule has 5 heteroatoms. The Balaban J connectivity index is 2.04. The van der Waals surface area contributed by atoms with Crippen LogP contribution in [0.25, 0.3) is 0 Å². The van der Waals surface area contributed by atoms with Gasteiger partial charge < -0.3 is 9.64 Å². The number of para-hydroxylation sites is 1. The molecule has 0 fully saturated rings. The van der Waals surface area contributed by atoms with Crippen LogP contribution >= 0.6 is 15.9 Å². The van der Waals surface area contributed by atoms with Crippen LogP contribution in [0.3, 0.4) is 0 Å². The molecule has 1 amide bonds. The first-order chi connectivity index (χ1) is 10.2. The van der Waals surface area contributed by atoms with Gasteiger partial charge in [0, 0.05) is 6.54 Å². The maximum absolute atomic E-state index is 12.8. The molecule has 0 N–H and O–H groups in total. The highest BCUT2D eigenvalue weighted by Crippen LogP contribution is 2.36. The number of hydrogen-bond acceptors (Lipinski definition) is 3. The fraction of sp³-hybridized carbons (Fsp3) is 0.250. The average Bonchev–Trinajstić information content (AvgIpc) is 2.53. The van der Waals surface area contributed by atoms with Gasteiger partial charge >= 0.3 is 0 Å². The fourth-order valence-electron chi connectivity index (χ4n) is 2.65. The van der Waals surface area contributed by atoms with Crippen molar-refractivity contribution in [2.24, 2.45) is 0 Å². The van der Waals surface area contributed by atoms with Crippen LogP contribution in [-0.4, -0.2) is 24.5 Å². The summed E-state index contributed by atoms with van der Waals surface area (Å²) in [4.78, 5) is 18.8. The minimum absolute atomic E-state index is 0.0956. The fourth-order valence-corrected chi connectivity index (χ4v) is 2.99. The SMILES string of the molecule is COc1cccc2c1N(C(=O)c1cccc(Br)n1)CCC2. The quantitative estimate of drug-likeness (QED) is 0.782. The second kappa shape index (κ2) is 5.85. The molecule has 3 rings (SSSR count). The molecule has 0 saturated heterocycles. The van der Waals surface area contributed by atoms with Gasteiger partial charge in [-0.2, -0.15) is 0 Å². The van der Waals surface area contributed by atoms with Crippen molar-refractivity contribution in [1.82, 2.24) is 4.98 Å². The Morgan fingerprint density at radius 3 is 2.86 bits per heavy atom. The van der Waals surface area contributed by atoms with E-state index in [1.165, 1.54) is 0 Å². The number of hydrogen-bond donors (Lipinski definition) is 0. The van der Waals surface area contributed by atoms with Crippen molar-refractivity contribution in [2.45, 2.75) is 12.8 Å². The van der Waals surface area contributed by atoms with E-state index in [-0.39, 0.29) is 5.91 Å². The van der Waals surface area contributed by atoms with Crippen LogP contribution in [0.15, 0.2) is 41.0 Å². The Morgan fingerprint density at radius 2 is 2.10 bits per heavy atom. The van der Waals surface area contributed by atoms with E-state index in [0.717, 1.165) is 29.8 Å². The van der Waals surface area contributed by atoms with Crippen molar-refractivity contribution in [1.29, 1.82) is 0 Å². The Kier molecular flexibility index (Phi) is 3.92. The molecule has 0 saturated carbocycles. The molecule has 2 heterocycles. The number of nitrogens with zero attached hydrogens (tertiary/aromatic N) is 2. The highest BCUT2D eigenvalue weighted by molar-refractivity contribution is 9.10. The van der Waals surface area contributed by atoms with Gasteiger partial charge in [-0.15, -0.1) is 0 Å². The number of anilines is 1. The van der Waals surface area contributed by atoms with E-state index < -0.39 is 0 Å². The normalized spacial score (nSPS) is 13.7. The first-order valence-corrected chi connectivity index (χ1v) is 7.60. The van der Waals surface area contributed by atoms with Gasteiger partial charge in [0.1, 0.15) is 16.0 Å². The summed E-state index contributed by atoms with van der Waals surface area (Å²) < 4.78 is 6.09. The molecule has 0 spiro atoms. The molecule has 1 aliphatic rings. The van der Waals surface area contributed by atoms with E-state index in [1.54, 1.807) is 18.1 Å². The van der Waals surface area contributed by atoms with Crippen molar-refractivity contribution in [3.8, 4) is 5.75 Å². The Labute approximate surface area is 131 Å². The first-order valence-electron chi connectivity index (χ1n) is 6.81. The number of halogens is 1. The third kappa shape index (κ3) is 2.65. The maximum atomic E-state index is 12.8. The molecular weight excluding hydrogens is 332 g/mol. The maximum Gasteiger partial charge on any atom is 0.277 e. The van der Waals surface area contributed by atoms with Crippen LogP contribution in [0.2, 0.25) is 0 Å². The molecule has 0 aliphatic carbocycles. The Hall–Kier alpha value is -1.88. The number of benzene rings is 1. The number of pyridine rings is 1. The number of aromatic nitrogens is 1. The van der Waals surface area contributed by atoms with Gasteiger partial charge in [-0.3, -0.25) is 4.79 Å². The minimum atomic E-state index is -0.0956. The van der Waals surface area contributed by atoms with Crippen molar-refractivity contribution < 1.29 is 9.53 Å². The minimum Gasteiger partial charge on any atom is -0.495 e. The zero-order valence-electron chi connectivity index (χ0n) is 11.7. The van der Waals surface area contributed by atoms with Crippen molar-refractivity contribution in [3.63, 3.8) is 0 Å². The summed E-state index contributed by atoms with van der Waals surface area (Å²) in [6.45, 7) is 0.681. The molecule has 21 heavy (non-hydrogen) atoms. The second-order valence-corrected chi connectivity index (χ2v) is 5.69. The summed E-state index contributed by atoms with van der Waals surface area (Å²) in [7, 11) is 1.63. The summed E-state index contributed by atoms with van der Waals surface area (Å²) in [5.41, 5.74) is 2.45. The van der Waals surface area contributed by atoms with Crippen molar-refractivity contribution in [2.75, 3.05) is 18.6 Å². The smallest absolute Gasteiger partial charge is 0.277 e. The van der Waals surface area contributed by atoms with Crippen LogP contribution in [0.5, 0.6) is 5.75 Å². The Bertz CT molecular complexity index is 673. The van der Waals surface area contributed by atoms with Gasteiger partial charge in [0.15, 0.2) is 0 Å². The predicted molar refractivity (Wildman–Crippen MR) is 84.9 cm³/mol. The van der Waals surface area contributed by atoms with Gasteiger partial charge in [-0.1, -0.05) is 18.2 Å². The lowest BCUT2D eigenvalue weighted by Crippen LogP contribution is -2.36. The summed E-state index contributed by atoms with van der Waals surface area (Å²) in [5.74, 6) is 0.636. The number of ether oxygens (including phenoxy) is 1. The van der Waals surface area contributed by atoms with E-state index in [4.69, 9.17) is 4.74 Å². The number of amides is 1. The molecule has 0 unspecified atom stereocenters. The van der Waals surface area contributed by atoms with Gasteiger partial charge in [-0.25, -0.2) is 4.98 Å². The molecule has 1 aromatic carbocycles. The highest BCUT2D eigenvalue weighted by atomic mass is 79.9. The topological polar surface area (TPSA) is 42.4 Å². The first kappa shape index (κ1) is 14.1. The van der Waals surface area contributed by atoms with Crippen molar-refractivity contribution in [3.05, 3.63) is 52.3 Å². The second-order valence-electron chi connectivity index (χ2n) is 4.87. The van der Waals surface area contributed by atoms with Crippen LogP contribution in [-0.2, 0) is 6.42 Å². The summed E-state index contributed by atoms with van der Waals surface area (Å²) in [6, 6.07) is 11.3. The number of carbonyl (C=O) groups excluding carboxylic acids is 1. The van der Waals surface area contributed by atoms with Gasteiger partial charge in [-0.05, 0) is 52.5 Å². The third-order valence-corrected chi connectivity index (χ3v) is 4.02. The highest BCUT2D eigenvalue weighted by Gasteiger charge is 2.27. The van der Waals surface area contributed by atoms with E-state index >= 15 is 0 Å². The average molecular weight is 347 g/mol. The van der Waals surface area contributed by atoms with Crippen LogP contribution in [0, 0.1) is 0 Å². The number of methoxy groups -OCH3 is 1. The number of fused-ring (bicyclic) bond motifs is 1. The van der Waals surface area contributed by atoms with E-state index in [2.05, 4.69) is 20.9 Å². The van der Waals surface area contributed by atoms with Crippen molar-refractivity contribution >= 4 is 27.5 Å². The van der Waals surface area contributed by atoms with E-state index in [9.17, 15) is 4.79 Å². The molecule has 1 aromatic heterocycles. The monoisotopic (exact) mass is 346 g/mol. The number of carbonyl (C=O) groups is 1. The number of aryl methyl sites for hydroxylation is 1. The van der Waals surface area contributed by atoms with E-state index in [0.29, 0.717) is 16.8 Å². The molecule has 108 valence electrons. The molecule has 2 aromatic rings. The largest absolute Gasteiger partial charge is 0.495 e. The molecule has 4 nitrogen and oxygen atoms in total. The summed E-state index contributed by atoms with van der Waals surface area (Å²) >= 11 is 3.31. The lowest BCUT2D eigenvalue weighted by molar-refractivity contribution is 0.0979. The predicted octanol–water partition coefficient (Wildman–Crippen LogP) is 3.45. The van der Waals surface area contributed by atoms with Crippen LogP contribution in [0.1, 0.15) is 22.5 Å². The van der Waals surface area contributed by atoms with Crippen LogP contribution in [0.4, 0.5) is 5.69 Å². The molecule has 0 atom stereocenters. The third-order valence-electron chi connectivity index (χ3n) is 3.58. The number of rotatable bonds is 2. The molecule has 0 radical (unpaired) electrons. The van der Waals surface area contributed by atoms with Gasteiger partial charge in [0.25, 0.3) is 5.91 Å². The zero-order chi connectivity index (χ0) is 14.8.